The number of benzene rings is 1. The number of carbonyl (C=O) groups is 1. The van der Waals surface area contributed by atoms with Gasteiger partial charge in [0.05, 0.1) is 16.4 Å². The van der Waals surface area contributed by atoms with Crippen molar-refractivity contribution in [3.8, 4) is 5.75 Å². The standard InChI is InChI=1S/C11H11ClN2O5/c12-7-2-1-3-8(14(17)18)10(7)19-11(4-9(15)16)5-13-6-11/h1-3,13H,4-6H2,(H,15,16). The SMILES string of the molecule is O=C(O)CC1(Oc2c(Cl)cccc2[N+](=O)[O-])CNC1. The van der Waals surface area contributed by atoms with Gasteiger partial charge < -0.3 is 15.2 Å². The third-order valence-electron chi connectivity index (χ3n) is 2.83. The summed E-state index contributed by atoms with van der Waals surface area (Å²) < 4.78 is 5.56. The molecule has 1 aromatic rings. The maximum absolute atomic E-state index is 10.9. The first kappa shape index (κ1) is 13.6. The molecule has 7 nitrogen and oxygen atoms in total. The third kappa shape index (κ3) is 2.77. The number of nitrogens with one attached hydrogen (secondary N) is 1. The molecule has 1 saturated heterocycles. The van der Waals surface area contributed by atoms with Crippen LogP contribution in [0.15, 0.2) is 18.2 Å². The van der Waals surface area contributed by atoms with Gasteiger partial charge in [-0.15, -0.1) is 0 Å². The quantitative estimate of drug-likeness (QED) is 0.627. The molecule has 1 aromatic carbocycles. The van der Waals surface area contributed by atoms with E-state index in [2.05, 4.69) is 5.32 Å². The van der Waals surface area contributed by atoms with Crippen LogP contribution in [0.2, 0.25) is 5.02 Å². The van der Waals surface area contributed by atoms with Crippen molar-refractivity contribution in [1.82, 2.24) is 5.32 Å². The summed E-state index contributed by atoms with van der Waals surface area (Å²) in [6.07, 6.45) is -0.248. The van der Waals surface area contributed by atoms with Gasteiger partial charge in [0.1, 0.15) is 5.60 Å². The molecule has 1 aliphatic rings. The topological polar surface area (TPSA) is 102 Å². The van der Waals surface area contributed by atoms with E-state index in [1.54, 1.807) is 0 Å². The number of rotatable bonds is 5. The Kier molecular flexibility index (Phi) is 3.59. The van der Waals surface area contributed by atoms with Crippen LogP contribution < -0.4 is 10.1 Å². The van der Waals surface area contributed by atoms with Crippen molar-refractivity contribution in [3.63, 3.8) is 0 Å². The molecule has 1 fully saturated rings. The number of carboxylic acids is 1. The summed E-state index contributed by atoms with van der Waals surface area (Å²) in [5.41, 5.74) is -1.26. The number of ether oxygens (including phenoxy) is 1. The Bertz CT molecular complexity index is 530. The minimum absolute atomic E-state index is 0.0862. The molecule has 0 saturated carbocycles. The number of carboxylic acid groups (broad SMARTS) is 1. The molecule has 1 heterocycles. The molecular formula is C11H11ClN2O5. The molecule has 0 unspecified atom stereocenters. The van der Waals surface area contributed by atoms with E-state index in [1.807, 2.05) is 0 Å². The van der Waals surface area contributed by atoms with E-state index >= 15 is 0 Å². The van der Waals surface area contributed by atoms with Crippen LogP contribution in [0.5, 0.6) is 5.75 Å². The van der Waals surface area contributed by atoms with Crippen molar-refractivity contribution in [2.24, 2.45) is 0 Å². The fraction of sp³-hybridized carbons (Fsp3) is 0.364. The molecule has 102 valence electrons. The van der Waals surface area contributed by atoms with Crippen molar-refractivity contribution in [3.05, 3.63) is 33.3 Å². The first-order chi connectivity index (χ1) is 8.93. The van der Waals surface area contributed by atoms with Crippen molar-refractivity contribution in [2.75, 3.05) is 13.1 Å². The van der Waals surface area contributed by atoms with Gasteiger partial charge in [0.15, 0.2) is 0 Å². The third-order valence-corrected chi connectivity index (χ3v) is 3.13. The number of nitro benzene ring substituents is 1. The molecule has 0 aromatic heterocycles. The van der Waals surface area contributed by atoms with E-state index in [9.17, 15) is 14.9 Å². The van der Waals surface area contributed by atoms with Gasteiger partial charge in [0.25, 0.3) is 0 Å². The minimum atomic E-state index is -1.03. The molecule has 0 atom stereocenters. The average Bonchev–Trinajstić information content (AvgIpc) is 2.27. The molecule has 19 heavy (non-hydrogen) atoms. The number of para-hydroxylation sites is 1. The van der Waals surface area contributed by atoms with Gasteiger partial charge in [-0.3, -0.25) is 14.9 Å². The number of hydrogen-bond acceptors (Lipinski definition) is 5. The lowest BCUT2D eigenvalue weighted by Gasteiger charge is -2.41. The Hall–Kier alpha value is -1.86. The maximum atomic E-state index is 10.9. The number of halogens is 1. The first-order valence-corrected chi connectivity index (χ1v) is 5.86. The highest BCUT2D eigenvalue weighted by Gasteiger charge is 2.43. The molecule has 0 radical (unpaired) electrons. The molecule has 2 rings (SSSR count). The molecule has 0 bridgehead atoms. The Balaban J connectivity index is 2.32. The van der Waals surface area contributed by atoms with Gasteiger partial charge in [-0.05, 0) is 6.07 Å². The largest absolute Gasteiger partial charge is 0.481 e. The Morgan fingerprint density at radius 2 is 2.26 bits per heavy atom. The Morgan fingerprint density at radius 1 is 1.58 bits per heavy atom. The number of aliphatic carboxylic acids is 1. The Morgan fingerprint density at radius 3 is 2.74 bits per heavy atom. The smallest absolute Gasteiger partial charge is 0.312 e. The summed E-state index contributed by atoms with van der Waals surface area (Å²) in [4.78, 5) is 21.1. The van der Waals surface area contributed by atoms with E-state index in [0.717, 1.165) is 0 Å². The molecule has 0 aliphatic carbocycles. The van der Waals surface area contributed by atoms with E-state index in [1.165, 1.54) is 18.2 Å². The summed E-state index contributed by atoms with van der Waals surface area (Å²) in [5.74, 6) is -1.12. The maximum Gasteiger partial charge on any atom is 0.312 e. The van der Waals surface area contributed by atoms with Crippen LogP contribution in [-0.2, 0) is 4.79 Å². The van der Waals surface area contributed by atoms with Gasteiger partial charge in [-0.1, -0.05) is 17.7 Å². The zero-order valence-electron chi connectivity index (χ0n) is 9.76. The zero-order valence-corrected chi connectivity index (χ0v) is 10.5. The average molecular weight is 287 g/mol. The van der Waals surface area contributed by atoms with E-state index in [0.29, 0.717) is 13.1 Å². The van der Waals surface area contributed by atoms with Crippen molar-refractivity contribution in [2.45, 2.75) is 12.0 Å². The normalized spacial score (nSPS) is 16.5. The highest BCUT2D eigenvalue weighted by Crippen LogP contribution is 2.38. The molecular weight excluding hydrogens is 276 g/mol. The second-order valence-corrected chi connectivity index (χ2v) is 4.71. The molecule has 1 aliphatic heterocycles. The molecule has 8 heteroatoms. The van der Waals surface area contributed by atoms with E-state index in [4.69, 9.17) is 21.4 Å². The second-order valence-electron chi connectivity index (χ2n) is 4.30. The fourth-order valence-electron chi connectivity index (χ4n) is 1.87. The highest BCUT2D eigenvalue weighted by molar-refractivity contribution is 6.32. The number of nitrogens with zero attached hydrogens (tertiary/aromatic N) is 1. The van der Waals surface area contributed by atoms with E-state index < -0.39 is 16.5 Å². The lowest BCUT2D eigenvalue weighted by molar-refractivity contribution is -0.386. The predicted octanol–water partition coefficient (Wildman–Crippen LogP) is 1.44. The van der Waals surface area contributed by atoms with Gasteiger partial charge in [0, 0.05) is 19.2 Å². The van der Waals surface area contributed by atoms with Crippen LogP contribution in [-0.4, -0.2) is 34.7 Å². The van der Waals surface area contributed by atoms with Gasteiger partial charge in [-0.2, -0.15) is 0 Å². The van der Waals surface area contributed by atoms with Gasteiger partial charge >= 0.3 is 11.7 Å². The van der Waals surface area contributed by atoms with Crippen LogP contribution in [0.25, 0.3) is 0 Å². The van der Waals surface area contributed by atoms with Gasteiger partial charge in [-0.25, -0.2) is 0 Å². The van der Waals surface area contributed by atoms with Crippen LogP contribution in [0, 0.1) is 10.1 Å². The zero-order chi connectivity index (χ0) is 14.0. The van der Waals surface area contributed by atoms with E-state index in [-0.39, 0.29) is 22.9 Å². The summed E-state index contributed by atoms with van der Waals surface area (Å²) >= 11 is 5.90. The fourth-order valence-corrected chi connectivity index (χ4v) is 2.08. The summed E-state index contributed by atoms with van der Waals surface area (Å²) in [6, 6.07) is 4.17. The highest BCUT2D eigenvalue weighted by atomic mass is 35.5. The summed E-state index contributed by atoms with van der Waals surface area (Å²) in [5, 5.41) is 22.8. The predicted molar refractivity (Wildman–Crippen MR) is 66.6 cm³/mol. The number of hydrogen-bond donors (Lipinski definition) is 2. The van der Waals surface area contributed by atoms with Crippen LogP contribution in [0.3, 0.4) is 0 Å². The molecule has 2 N–H and O–H groups in total. The Labute approximate surface area is 113 Å². The molecule has 0 amide bonds. The summed E-state index contributed by atoms with van der Waals surface area (Å²) in [6.45, 7) is 0.614. The number of nitro groups is 1. The first-order valence-electron chi connectivity index (χ1n) is 5.48. The summed E-state index contributed by atoms with van der Waals surface area (Å²) in [7, 11) is 0. The molecule has 0 spiro atoms. The minimum Gasteiger partial charge on any atom is -0.481 e. The monoisotopic (exact) mass is 286 g/mol. The van der Waals surface area contributed by atoms with Crippen molar-refractivity contribution >= 4 is 23.3 Å². The van der Waals surface area contributed by atoms with Crippen molar-refractivity contribution in [1.29, 1.82) is 0 Å². The second kappa shape index (κ2) is 5.02. The van der Waals surface area contributed by atoms with Gasteiger partial charge in [0.2, 0.25) is 5.75 Å². The lowest BCUT2D eigenvalue weighted by Crippen LogP contribution is -2.64. The van der Waals surface area contributed by atoms with Crippen LogP contribution in [0.4, 0.5) is 5.69 Å². The van der Waals surface area contributed by atoms with Crippen LogP contribution in [0.1, 0.15) is 6.42 Å². The van der Waals surface area contributed by atoms with Crippen LogP contribution >= 0.6 is 11.6 Å². The lowest BCUT2D eigenvalue weighted by atomic mass is 9.92. The van der Waals surface area contributed by atoms with Crippen molar-refractivity contribution < 1.29 is 19.6 Å².